The first-order valence-electron chi connectivity index (χ1n) is 5.84. The number of hydrogen-bond donors (Lipinski definition) is 2. The van der Waals surface area contributed by atoms with Crippen LogP contribution in [-0.4, -0.2) is 15.7 Å². The summed E-state index contributed by atoms with van der Waals surface area (Å²) in [4.78, 5) is 11.7. The number of aryl methyl sites for hydroxylation is 1. The first-order chi connectivity index (χ1) is 9.08. The van der Waals surface area contributed by atoms with Gasteiger partial charge < -0.3 is 11.1 Å². The Labute approximate surface area is 110 Å². The molecule has 1 aromatic heterocycles. The summed E-state index contributed by atoms with van der Waals surface area (Å²) >= 11 is 0. The van der Waals surface area contributed by atoms with Gasteiger partial charge in [-0.2, -0.15) is 5.10 Å². The summed E-state index contributed by atoms with van der Waals surface area (Å²) < 4.78 is 14.9. The van der Waals surface area contributed by atoms with E-state index in [1.807, 2.05) is 0 Å². The van der Waals surface area contributed by atoms with E-state index < -0.39 is 0 Å². The van der Waals surface area contributed by atoms with E-state index in [0.717, 1.165) is 5.56 Å². The molecule has 1 heterocycles. The van der Waals surface area contributed by atoms with E-state index in [4.69, 9.17) is 5.73 Å². The topological polar surface area (TPSA) is 72.9 Å². The highest BCUT2D eigenvalue weighted by molar-refractivity contribution is 5.78. The Morgan fingerprint density at radius 2 is 2.16 bits per heavy atom. The highest BCUT2D eigenvalue weighted by Gasteiger charge is 2.09. The van der Waals surface area contributed by atoms with Crippen LogP contribution in [0.2, 0.25) is 0 Å². The molecule has 0 aliphatic heterocycles. The molecule has 0 unspecified atom stereocenters. The largest absolute Gasteiger partial charge is 0.384 e. The molecule has 1 aromatic carbocycles. The number of nitrogens with one attached hydrogen (secondary N) is 1. The Morgan fingerprint density at radius 1 is 1.42 bits per heavy atom. The molecular formula is C13H15FN4O. The van der Waals surface area contributed by atoms with Crippen LogP contribution in [0.3, 0.4) is 0 Å². The maximum atomic E-state index is 13.4. The van der Waals surface area contributed by atoms with Crippen molar-refractivity contribution < 1.29 is 9.18 Å². The number of rotatable bonds is 4. The monoisotopic (exact) mass is 262 g/mol. The average Bonchev–Trinajstić information content (AvgIpc) is 2.70. The number of amides is 1. The summed E-state index contributed by atoms with van der Waals surface area (Å²) in [5.41, 5.74) is 6.87. The van der Waals surface area contributed by atoms with Crippen molar-refractivity contribution in [2.24, 2.45) is 7.05 Å². The summed E-state index contributed by atoms with van der Waals surface area (Å²) in [6.45, 7) is 0.285. The molecule has 100 valence electrons. The van der Waals surface area contributed by atoms with Gasteiger partial charge in [-0.3, -0.25) is 9.48 Å². The molecule has 0 spiro atoms. The third-order valence-electron chi connectivity index (χ3n) is 2.85. The highest BCUT2D eigenvalue weighted by atomic mass is 19.1. The van der Waals surface area contributed by atoms with Crippen molar-refractivity contribution >= 4 is 11.7 Å². The van der Waals surface area contributed by atoms with Crippen molar-refractivity contribution in [2.75, 3.05) is 5.73 Å². The highest BCUT2D eigenvalue weighted by Crippen LogP contribution is 2.09. The molecule has 19 heavy (non-hydrogen) atoms. The van der Waals surface area contributed by atoms with Crippen LogP contribution in [0.5, 0.6) is 0 Å². The first-order valence-corrected chi connectivity index (χ1v) is 5.84. The van der Waals surface area contributed by atoms with Gasteiger partial charge >= 0.3 is 0 Å². The molecule has 0 aliphatic rings. The number of benzene rings is 1. The van der Waals surface area contributed by atoms with Gasteiger partial charge in [0.25, 0.3) is 0 Å². The van der Waals surface area contributed by atoms with E-state index in [1.165, 1.54) is 10.7 Å². The van der Waals surface area contributed by atoms with Gasteiger partial charge in [0.05, 0.1) is 12.6 Å². The van der Waals surface area contributed by atoms with Gasteiger partial charge in [0.2, 0.25) is 5.91 Å². The van der Waals surface area contributed by atoms with Crippen LogP contribution in [-0.2, 0) is 24.8 Å². The van der Waals surface area contributed by atoms with Crippen molar-refractivity contribution in [2.45, 2.75) is 13.0 Å². The number of nitrogens with two attached hydrogens (primary N) is 1. The molecule has 0 atom stereocenters. The minimum absolute atomic E-state index is 0.00679. The molecule has 0 saturated carbocycles. The molecular weight excluding hydrogens is 247 g/mol. The molecule has 2 aromatic rings. The van der Waals surface area contributed by atoms with Crippen LogP contribution in [0.15, 0.2) is 30.5 Å². The lowest BCUT2D eigenvalue weighted by molar-refractivity contribution is -0.120. The summed E-state index contributed by atoms with van der Waals surface area (Å²) in [6, 6.07) is 6.22. The maximum Gasteiger partial charge on any atom is 0.224 e. The lowest BCUT2D eigenvalue weighted by atomic mass is 10.1. The number of halogens is 1. The summed E-state index contributed by atoms with van der Waals surface area (Å²) in [7, 11) is 1.72. The Bertz CT molecular complexity index is 594. The number of hydrogen-bond acceptors (Lipinski definition) is 3. The molecule has 5 nitrogen and oxygen atoms in total. The van der Waals surface area contributed by atoms with Crippen LogP contribution in [0.1, 0.15) is 11.1 Å². The summed E-state index contributed by atoms with van der Waals surface area (Å²) in [5, 5.41) is 6.66. The van der Waals surface area contributed by atoms with Crippen molar-refractivity contribution in [3.63, 3.8) is 0 Å². The van der Waals surface area contributed by atoms with Crippen molar-refractivity contribution in [3.8, 4) is 0 Å². The Hall–Kier alpha value is -2.37. The van der Waals surface area contributed by atoms with Gasteiger partial charge in [-0.15, -0.1) is 0 Å². The normalized spacial score (nSPS) is 10.4. The predicted molar refractivity (Wildman–Crippen MR) is 69.6 cm³/mol. The number of carbonyl (C=O) groups excluding carboxylic acids is 1. The quantitative estimate of drug-likeness (QED) is 0.863. The SMILES string of the molecule is Cn1ncc(CNC(=O)Cc2ccccc2F)c1N. The second kappa shape index (κ2) is 5.51. The van der Waals surface area contributed by atoms with Gasteiger partial charge in [0.15, 0.2) is 0 Å². The van der Waals surface area contributed by atoms with Gasteiger partial charge in [0.1, 0.15) is 11.6 Å². The molecule has 0 radical (unpaired) electrons. The van der Waals surface area contributed by atoms with E-state index in [2.05, 4.69) is 10.4 Å². The standard InChI is InChI=1S/C13H15FN4O/c1-18-13(15)10(8-17-18)7-16-12(19)6-9-4-2-3-5-11(9)14/h2-5,8H,6-7,15H2,1H3,(H,16,19). The van der Waals surface area contributed by atoms with E-state index >= 15 is 0 Å². The number of nitrogens with zero attached hydrogens (tertiary/aromatic N) is 2. The van der Waals surface area contributed by atoms with Gasteiger partial charge in [-0.1, -0.05) is 18.2 Å². The maximum absolute atomic E-state index is 13.4. The zero-order valence-electron chi connectivity index (χ0n) is 10.6. The molecule has 0 bridgehead atoms. The Kier molecular flexibility index (Phi) is 3.79. The average molecular weight is 262 g/mol. The summed E-state index contributed by atoms with van der Waals surface area (Å²) in [5.74, 6) is -0.127. The molecule has 1 amide bonds. The van der Waals surface area contributed by atoms with Crippen LogP contribution < -0.4 is 11.1 Å². The van der Waals surface area contributed by atoms with Crippen molar-refractivity contribution in [1.29, 1.82) is 0 Å². The van der Waals surface area contributed by atoms with Crippen LogP contribution in [0.25, 0.3) is 0 Å². The second-order valence-corrected chi connectivity index (χ2v) is 4.22. The lowest BCUT2D eigenvalue weighted by Crippen LogP contribution is -2.25. The molecule has 2 rings (SSSR count). The second-order valence-electron chi connectivity index (χ2n) is 4.22. The van der Waals surface area contributed by atoms with Crippen molar-refractivity contribution in [1.82, 2.24) is 15.1 Å². The van der Waals surface area contributed by atoms with Gasteiger partial charge in [-0.05, 0) is 11.6 Å². The minimum Gasteiger partial charge on any atom is -0.384 e. The van der Waals surface area contributed by atoms with Crippen LogP contribution in [0.4, 0.5) is 10.2 Å². The first kappa shape index (κ1) is 13.1. The van der Waals surface area contributed by atoms with Crippen molar-refractivity contribution in [3.05, 3.63) is 47.4 Å². The van der Waals surface area contributed by atoms with Crippen LogP contribution >= 0.6 is 0 Å². The number of aromatic nitrogens is 2. The van der Waals surface area contributed by atoms with E-state index in [1.54, 1.807) is 31.4 Å². The smallest absolute Gasteiger partial charge is 0.224 e. The van der Waals surface area contributed by atoms with E-state index in [9.17, 15) is 9.18 Å². The van der Waals surface area contributed by atoms with Gasteiger partial charge in [-0.25, -0.2) is 4.39 Å². The van der Waals surface area contributed by atoms with Crippen LogP contribution in [0, 0.1) is 5.82 Å². The third kappa shape index (κ3) is 3.09. The van der Waals surface area contributed by atoms with E-state index in [-0.39, 0.29) is 24.7 Å². The molecule has 6 heteroatoms. The zero-order valence-corrected chi connectivity index (χ0v) is 10.6. The zero-order chi connectivity index (χ0) is 13.8. The number of anilines is 1. The predicted octanol–water partition coefficient (Wildman–Crippen LogP) is 1.00. The third-order valence-corrected chi connectivity index (χ3v) is 2.85. The molecule has 3 N–H and O–H groups in total. The number of nitrogen functional groups attached to an aromatic ring is 1. The lowest BCUT2D eigenvalue weighted by Gasteiger charge is -2.05. The fraction of sp³-hybridized carbons (Fsp3) is 0.231. The fourth-order valence-electron chi connectivity index (χ4n) is 1.70. The summed E-state index contributed by atoms with van der Waals surface area (Å²) in [6.07, 6.45) is 1.60. The molecule has 0 fully saturated rings. The Balaban J connectivity index is 1.92. The van der Waals surface area contributed by atoms with Gasteiger partial charge in [0, 0.05) is 19.2 Å². The molecule has 0 saturated heterocycles. The number of carbonyl (C=O) groups is 1. The Morgan fingerprint density at radius 3 is 2.79 bits per heavy atom. The minimum atomic E-state index is -0.376. The van der Waals surface area contributed by atoms with E-state index in [0.29, 0.717) is 11.4 Å². The molecule has 0 aliphatic carbocycles. The fourth-order valence-corrected chi connectivity index (χ4v) is 1.70.